The predicted octanol–water partition coefficient (Wildman–Crippen LogP) is 5.84. The molecule has 2 amide bonds. The van der Waals surface area contributed by atoms with Crippen LogP contribution in [0.15, 0.2) is 72.8 Å². The first-order valence-electron chi connectivity index (χ1n) is 8.57. The smallest absolute Gasteiger partial charge is 0.416 e. The third-order valence-corrected chi connectivity index (χ3v) is 3.88. The quantitative estimate of drug-likeness (QED) is 0.488. The zero-order valence-corrected chi connectivity index (χ0v) is 15.2. The number of rotatable bonds is 5. The summed E-state index contributed by atoms with van der Waals surface area (Å²) in [5.41, 5.74) is -0.187. The van der Waals surface area contributed by atoms with E-state index in [-0.39, 0.29) is 11.3 Å². The van der Waals surface area contributed by atoms with Crippen LogP contribution in [0.1, 0.15) is 15.9 Å². The molecule has 0 unspecified atom stereocenters. The van der Waals surface area contributed by atoms with Gasteiger partial charge in [-0.05, 0) is 54.6 Å². The lowest BCUT2D eigenvalue weighted by atomic mass is 10.2. The van der Waals surface area contributed by atoms with Crippen molar-refractivity contribution in [3.8, 4) is 11.5 Å². The van der Waals surface area contributed by atoms with Crippen molar-refractivity contribution in [3.05, 3.63) is 83.9 Å². The Morgan fingerprint density at radius 2 is 1.40 bits per heavy atom. The van der Waals surface area contributed by atoms with Crippen molar-refractivity contribution in [2.24, 2.45) is 0 Å². The summed E-state index contributed by atoms with van der Waals surface area (Å²) in [6.45, 7) is 0. The standard InChI is InChI=1S/C21H15F3N2O4/c22-21(23,24)14-7-9-15(10-8-14)25-20(29)26-16-4-2-6-18(12-16)30-17-5-1-3-13(11-17)19(27)28/h1-12H,(H,27,28)(H2,25,26,29). The molecule has 0 fully saturated rings. The summed E-state index contributed by atoms with van der Waals surface area (Å²) < 4.78 is 43.4. The topological polar surface area (TPSA) is 87.7 Å². The highest BCUT2D eigenvalue weighted by molar-refractivity contribution is 5.99. The van der Waals surface area contributed by atoms with Crippen molar-refractivity contribution in [1.82, 2.24) is 0 Å². The van der Waals surface area contributed by atoms with Gasteiger partial charge >= 0.3 is 18.2 Å². The first kappa shape index (κ1) is 20.7. The third-order valence-electron chi connectivity index (χ3n) is 3.88. The predicted molar refractivity (Wildman–Crippen MR) is 104 cm³/mol. The summed E-state index contributed by atoms with van der Waals surface area (Å²) in [5.74, 6) is -0.429. The van der Waals surface area contributed by atoms with E-state index in [0.717, 1.165) is 24.3 Å². The van der Waals surface area contributed by atoms with Gasteiger partial charge in [-0.2, -0.15) is 13.2 Å². The van der Waals surface area contributed by atoms with Crippen LogP contribution in [0.2, 0.25) is 0 Å². The molecule has 0 saturated carbocycles. The van der Waals surface area contributed by atoms with Crippen LogP contribution in [0.25, 0.3) is 0 Å². The molecule has 3 N–H and O–H groups in total. The lowest BCUT2D eigenvalue weighted by Gasteiger charge is -2.11. The fraction of sp³-hybridized carbons (Fsp3) is 0.0476. The maximum absolute atomic E-state index is 12.6. The molecule has 0 heterocycles. The van der Waals surface area contributed by atoms with Gasteiger partial charge in [-0.25, -0.2) is 9.59 Å². The average molecular weight is 416 g/mol. The second-order valence-electron chi connectivity index (χ2n) is 6.12. The van der Waals surface area contributed by atoms with Crippen LogP contribution in [0.5, 0.6) is 11.5 Å². The summed E-state index contributed by atoms with van der Waals surface area (Å²) in [4.78, 5) is 23.1. The second kappa shape index (κ2) is 8.56. The van der Waals surface area contributed by atoms with Crippen molar-refractivity contribution in [2.75, 3.05) is 10.6 Å². The number of ether oxygens (including phenoxy) is 1. The number of anilines is 2. The largest absolute Gasteiger partial charge is 0.478 e. The molecular weight excluding hydrogens is 401 g/mol. The maximum Gasteiger partial charge on any atom is 0.416 e. The van der Waals surface area contributed by atoms with E-state index in [4.69, 9.17) is 9.84 Å². The molecule has 0 aliphatic heterocycles. The highest BCUT2D eigenvalue weighted by Gasteiger charge is 2.29. The van der Waals surface area contributed by atoms with Gasteiger partial charge in [0.2, 0.25) is 0 Å². The number of carbonyl (C=O) groups is 2. The molecule has 3 aromatic carbocycles. The summed E-state index contributed by atoms with van der Waals surface area (Å²) in [6.07, 6.45) is -4.45. The van der Waals surface area contributed by atoms with Gasteiger partial charge < -0.3 is 20.5 Å². The molecule has 30 heavy (non-hydrogen) atoms. The molecule has 0 radical (unpaired) electrons. The zero-order chi connectivity index (χ0) is 21.7. The SMILES string of the molecule is O=C(Nc1ccc(C(F)(F)F)cc1)Nc1cccc(Oc2cccc(C(=O)O)c2)c1. The van der Waals surface area contributed by atoms with E-state index in [0.29, 0.717) is 17.2 Å². The Balaban J connectivity index is 1.64. The average Bonchev–Trinajstić information content (AvgIpc) is 2.68. The molecular formula is C21H15F3N2O4. The minimum absolute atomic E-state index is 0.0673. The van der Waals surface area contributed by atoms with E-state index in [1.54, 1.807) is 30.3 Å². The number of hydrogen-bond donors (Lipinski definition) is 3. The first-order valence-corrected chi connectivity index (χ1v) is 8.57. The van der Waals surface area contributed by atoms with E-state index < -0.39 is 23.7 Å². The number of amides is 2. The lowest BCUT2D eigenvalue weighted by molar-refractivity contribution is -0.137. The Morgan fingerprint density at radius 1 is 0.800 bits per heavy atom. The van der Waals surface area contributed by atoms with Gasteiger partial charge in [-0.1, -0.05) is 12.1 Å². The molecule has 0 bridgehead atoms. The van der Waals surface area contributed by atoms with E-state index in [2.05, 4.69) is 10.6 Å². The Kier molecular flexibility index (Phi) is 5.91. The molecule has 6 nitrogen and oxygen atoms in total. The molecule has 0 spiro atoms. The normalized spacial score (nSPS) is 10.9. The first-order chi connectivity index (χ1) is 14.2. The minimum atomic E-state index is -4.45. The van der Waals surface area contributed by atoms with E-state index in [1.807, 2.05) is 0 Å². The van der Waals surface area contributed by atoms with Crippen LogP contribution in [0, 0.1) is 0 Å². The number of urea groups is 1. The van der Waals surface area contributed by atoms with Gasteiger partial charge in [-0.3, -0.25) is 0 Å². The van der Waals surface area contributed by atoms with Crippen LogP contribution >= 0.6 is 0 Å². The molecule has 154 valence electrons. The van der Waals surface area contributed by atoms with Gasteiger partial charge in [0.15, 0.2) is 0 Å². The number of halogens is 3. The molecule has 3 rings (SSSR count). The number of aromatic carboxylic acids is 1. The number of carboxylic acids is 1. The molecule has 0 aromatic heterocycles. The van der Waals surface area contributed by atoms with Crippen molar-refractivity contribution in [3.63, 3.8) is 0 Å². The van der Waals surface area contributed by atoms with Crippen molar-refractivity contribution >= 4 is 23.4 Å². The summed E-state index contributed by atoms with van der Waals surface area (Å²) in [7, 11) is 0. The lowest BCUT2D eigenvalue weighted by Crippen LogP contribution is -2.19. The van der Waals surface area contributed by atoms with Crippen molar-refractivity contribution in [2.45, 2.75) is 6.18 Å². The maximum atomic E-state index is 12.6. The monoisotopic (exact) mass is 416 g/mol. The van der Waals surface area contributed by atoms with Crippen LogP contribution in [0.4, 0.5) is 29.3 Å². The van der Waals surface area contributed by atoms with Gasteiger partial charge in [0.25, 0.3) is 0 Å². The van der Waals surface area contributed by atoms with Crippen molar-refractivity contribution in [1.29, 1.82) is 0 Å². The van der Waals surface area contributed by atoms with Gasteiger partial charge in [0.1, 0.15) is 11.5 Å². The van der Waals surface area contributed by atoms with Gasteiger partial charge in [-0.15, -0.1) is 0 Å². The molecule has 3 aromatic rings. The summed E-state index contributed by atoms with van der Waals surface area (Å²) in [6, 6.07) is 15.6. The van der Waals surface area contributed by atoms with E-state index >= 15 is 0 Å². The minimum Gasteiger partial charge on any atom is -0.478 e. The Bertz CT molecular complexity index is 1070. The van der Waals surface area contributed by atoms with Crippen LogP contribution in [-0.2, 0) is 6.18 Å². The van der Waals surface area contributed by atoms with Crippen LogP contribution < -0.4 is 15.4 Å². The summed E-state index contributed by atoms with van der Waals surface area (Å²) in [5, 5.41) is 14.0. The second-order valence-corrected chi connectivity index (χ2v) is 6.12. The number of hydrogen-bond acceptors (Lipinski definition) is 3. The Morgan fingerprint density at radius 3 is 2.03 bits per heavy atom. The number of benzene rings is 3. The van der Waals surface area contributed by atoms with Crippen molar-refractivity contribution < 1.29 is 32.6 Å². The highest BCUT2D eigenvalue weighted by Crippen LogP contribution is 2.30. The molecule has 0 aliphatic rings. The Hall–Kier alpha value is -4.01. The number of carboxylic acid groups (broad SMARTS) is 1. The van der Waals surface area contributed by atoms with E-state index in [9.17, 15) is 22.8 Å². The Labute approximate surface area is 168 Å². The fourth-order valence-corrected chi connectivity index (χ4v) is 2.50. The molecule has 9 heteroatoms. The number of nitrogens with one attached hydrogen (secondary N) is 2. The highest BCUT2D eigenvalue weighted by atomic mass is 19.4. The number of alkyl halides is 3. The number of carbonyl (C=O) groups excluding carboxylic acids is 1. The third kappa shape index (κ3) is 5.51. The van der Waals surface area contributed by atoms with Crippen LogP contribution in [-0.4, -0.2) is 17.1 Å². The van der Waals surface area contributed by atoms with Gasteiger partial charge in [0, 0.05) is 17.4 Å². The van der Waals surface area contributed by atoms with Gasteiger partial charge in [0.05, 0.1) is 11.1 Å². The summed E-state index contributed by atoms with van der Waals surface area (Å²) >= 11 is 0. The molecule has 0 aliphatic carbocycles. The molecule has 0 atom stereocenters. The van der Waals surface area contributed by atoms with Crippen LogP contribution in [0.3, 0.4) is 0 Å². The molecule has 0 saturated heterocycles. The fourth-order valence-electron chi connectivity index (χ4n) is 2.50. The zero-order valence-electron chi connectivity index (χ0n) is 15.2. The van der Waals surface area contributed by atoms with E-state index in [1.165, 1.54) is 18.2 Å².